The lowest BCUT2D eigenvalue weighted by Gasteiger charge is -2.33. The molecule has 0 aromatic heterocycles. The van der Waals surface area contributed by atoms with Gasteiger partial charge in [0.15, 0.2) is 0 Å². The van der Waals surface area contributed by atoms with Crippen molar-refractivity contribution in [3.63, 3.8) is 0 Å². The summed E-state index contributed by atoms with van der Waals surface area (Å²) in [6.07, 6.45) is -1.06. The summed E-state index contributed by atoms with van der Waals surface area (Å²) in [5.74, 6) is -0.299. The number of carbonyl (C=O) groups excluding carboxylic acids is 1. The standard InChI is InChI=1S/C10H20N2O5S/c1-10(2,3)17-9(13)12-4-5-16-8(6-12)7-18(11,14)15/h8H,4-7H2,1-3H3,(H2,11,14,15)/t8-/m0/s1. The summed E-state index contributed by atoms with van der Waals surface area (Å²) in [7, 11) is -3.61. The highest BCUT2D eigenvalue weighted by Crippen LogP contribution is 2.13. The number of hydrogen-bond donors (Lipinski definition) is 1. The number of sulfonamides is 1. The molecule has 1 saturated heterocycles. The predicted octanol–water partition coefficient (Wildman–Crippen LogP) is -0.0892. The quantitative estimate of drug-likeness (QED) is 0.762. The van der Waals surface area contributed by atoms with Crippen molar-refractivity contribution in [1.29, 1.82) is 0 Å². The van der Waals surface area contributed by atoms with Gasteiger partial charge in [-0.05, 0) is 20.8 Å². The van der Waals surface area contributed by atoms with Gasteiger partial charge in [-0.3, -0.25) is 0 Å². The molecule has 7 nitrogen and oxygen atoms in total. The highest BCUT2D eigenvalue weighted by Gasteiger charge is 2.29. The number of hydrogen-bond acceptors (Lipinski definition) is 5. The van der Waals surface area contributed by atoms with Gasteiger partial charge in [0.1, 0.15) is 5.60 Å². The summed E-state index contributed by atoms with van der Waals surface area (Å²) < 4.78 is 32.4. The summed E-state index contributed by atoms with van der Waals surface area (Å²) in [4.78, 5) is 13.2. The van der Waals surface area contributed by atoms with E-state index in [0.717, 1.165) is 0 Å². The molecule has 0 aromatic rings. The predicted molar refractivity (Wildman–Crippen MR) is 65.5 cm³/mol. The molecule has 0 aliphatic carbocycles. The minimum Gasteiger partial charge on any atom is -0.444 e. The van der Waals surface area contributed by atoms with Crippen LogP contribution < -0.4 is 5.14 Å². The Labute approximate surface area is 107 Å². The van der Waals surface area contributed by atoms with Crippen LogP contribution in [0.2, 0.25) is 0 Å². The second kappa shape index (κ2) is 5.41. The molecule has 1 heterocycles. The molecule has 0 spiro atoms. The van der Waals surface area contributed by atoms with Crippen LogP contribution in [0.1, 0.15) is 20.8 Å². The molecule has 8 heteroatoms. The largest absolute Gasteiger partial charge is 0.444 e. The Bertz CT molecular complexity index is 401. The minimum absolute atomic E-state index is 0.172. The first-order chi connectivity index (χ1) is 8.07. The Balaban J connectivity index is 2.56. The van der Waals surface area contributed by atoms with Crippen molar-refractivity contribution in [2.45, 2.75) is 32.5 Å². The number of nitrogens with zero attached hydrogens (tertiary/aromatic N) is 1. The van der Waals surface area contributed by atoms with Crippen molar-refractivity contribution in [2.75, 3.05) is 25.4 Å². The summed E-state index contributed by atoms with van der Waals surface area (Å²) in [5.41, 5.74) is -0.579. The van der Waals surface area contributed by atoms with Crippen molar-refractivity contribution < 1.29 is 22.7 Å². The molecule has 1 amide bonds. The highest BCUT2D eigenvalue weighted by atomic mass is 32.2. The molecule has 1 aliphatic heterocycles. The normalized spacial score (nSPS) is 21.8. The van der Waals surface area contributed by atoms with Gasteiger partial charge in [-0.25, -0.2) is 18.4 Å². The lowest BCUT2D eigenvalue weighted by molar-refractivity contribution is -0.0342. The number of ether oxygens (including phenoxy) is 2. The summed E-state index contributed by atoms with van der Waals surface area (Å²) in [6.45, 7) is 6.15. The number of nitrogens with two attached hydrogens (primary N) is 1. The van der Waals surface area contributed by atoms with Gasteiger partial charge >= 0.3 is 6.09 Å². The zero-order valence-electron chi connectivity index (χ0n) is 10.9. The molecular weight excluding hydrogens is 260 g/mol. The molecule has 1 atom stereocenters. The van der Waals surface area contributed by atoms with Crippen molar-refractivity contribution >= 4 is 16.1 Å². The second-order valence-electron chi connectivity index (χ2n) is 5.25. The Hall–Kier alpha value is -0.860. The molecule has 1 fully saturated rings. The molecule has 18 heavy (non-hydrogen) atoms. The van der Waals surface area contributed by atoms with Crippen molar-refractivity contribution in [1.82, 2.24) is 4.90 Å². The molecule has 0 radical (unpaired) electrons. The Morgan fingerprint density at radius 2 is 2.11 bits per heavy atom. The van der Waals surface area contributed by atoms with Gasteiger partial charge in [0.2, 0.25) is 10.0 Å². The second-order valence-corrected chi connectivity index (χ2v) is 6.91. The van der Waals surface area contributed by atoms with E-state index < -0.39 is 27.8 Å². The first-order valence-electron chi connectivity index (χ1n) is 5.67. The minimum atomic E-state index is -3.61. The summed E-state index contributed by atoms with van der Waals surface area (Å²) in [5, 5.41) is 4.95. The zero-order chi connectivity index (χ0) is 14.0. The maximum atomic E-state index is 11.8. The fourth-order valence-corrected chi connectivity index (χ4v) is 2.29. The third-order valence-corrected chi connectivity index (χ3v) is 3.05. The first-order valence-corrected chi connectivity index (χ1v) is 7.38. The van der Waals surface area contributed by atoms with Crippen LogP contribution >= 0.6 is 0 Å². The van der Waals surface area contributed by atoms with Crippen LogP contribution in [0.4, 0.5) is 4.79 Å². The first kappa shape index (κ1) is 15.2. The number of primary sulfonamides is 1. The van der Waals surface area contributed by atoms with Gasteiger partial charge in [0, 0.05) is 6.54 Å². The SMILES string of the molecule is CC(C)(C)OC(=O)N1CCO[C@H](CS(N)(=O)=O)C1. The van der Waals surface area contributed by atoms with Crippen molar-refractivity contribution in [3.8, 4) is 0 Å². The molecule has 0 saturated carbocycles. The molecule has 1 aliphatic rings. The van der Waals surface area contributed by atoms with Crippen LogP contribution in [0, 0.1) is 0 Å². The van der Waals surface area contributed by atoms with E-state index in [1.54, 1.807) is 20.8 Å². The van der Waals surface area contributed by atoms with Crippen LogP contribution in [0.25, 0.3) is 0 Å². The molecule has 0 bridgehead atoms. The monoisotopic (exact) mass is 280 g/mol. The van der Waals surface area contributed by atoms with Gasteiger partial charge in [0.25, 0.3) is 0 Å². The molecule has 1 rings (SSSR count). The van der Waals surface area contributed by atoms with E-state index in [1.165, 1.54) is 4.90 Å². The fraction of sp³-hybridized carbons (Fsp3) is 0.900. The Morgan fingerprint density at radius 1 is 1.50 bits per heavy atom. The van der Waals surface area contributed by atoms with Crippen LogP contribution in [0.5, 0.6) is 0 Å². The smallest absolute Gasteiger partial charge is 0.410 e. The lowest BCUT2D eigenvalue weighted by atomic mass is 10.2. The zero-order valence-corrected chi connectivity index (χ0v) is 11.7. The molecule has 2 N–H and O–H groups in total. The average molecular weight is 280 g/mol. The van der Waals surface area contributed by atoms with E-state index in [4.69, 9.17) is 14.6 Å². The van der Waals surface area contributed by atoms with E-state index in [2.05, 4.69) is 0 Å². The van der Waals surface area contributed by atoms with Gasteiger partial charge < -0.3 is 14.4 Å². The summed E-state index contributed by atoms with van der Waals surface area (Å²) in [6, 6.07) is 0. The van der Waals surface area contributed by atoms with E-state index in [9.17, 15) is 13.2 Å². The number of morpholine rings is 1. The Kier molecular flexibility index (Phi) is 4.57. The van der Waals surface area contributed by atoms with Crippen LogP contribution in [-0.4, -0.2) is 56.6 Å². The van der Waals surface area contributed by atoms with E-state index in [-0.39, 0.29) is 18.9 Å². The molecule has 106 valence electrons. The Morgan fingerprint density at radius 3 is 2.61 bits per heavy atom. The van der Waals surface area contributed by atoms with Crippen LogP contribution in [0.3, 0.4) is 0 Å². The lowest BCUT2D eigenvalue weighted by Crippen LogP contribution is -2.49. The molecule has 0 aromatic carbocycles. The van der Waals surface area contributed by atoms with Gasteiger partial charge in [-0.1, -0.05) is 0 Å². The number of amides is 1. The molecular formula is C10H20N2O5S. The third kappa shape index (κ3) is 5.65. The van der Waals surface area contributed by atoms with Gasteiger partial charge in [0.05, 0.1) is 25.0 Å². The number of carbonyl (C=O) groups is 1. The van der Waals surface area contributed by atoms with Crippen molar-refractivity contribution in [2.24, 2.45) is 5.14 Å². The maximum Gasteiger partial charge on any atom is 0.410 e. The summed E-state index contributed by atoms with van der Waals surface area (Å²) >= 11 is 0. The fourth-order valence-electron chi connectivity index (χ4n) is 1.57. The van der Waals surface area contributed by atoms with Crippen LogP contribution in [-0.2, 0) is 19.5 Å². The van der Waals surface area contributed by atoms with E-state index >= 15 is 0 Å². The third-order valence-electron chi connectivity index (χ3n) is 2.21. The average Bonchev–Trinajstić information content (AvgIpc) is 2.12. The van der Waals surface area contributed by atoms with Gasteiger partial charge in [-0.15, -0.1) is 0 Å². The topological polar surface area (TPSA) is 98.9 Å². The number of rotatable bonds is 2. The van der Waals surface area contributed by atoms with E-state index in [1.807, 2.05) is 0 Å². The highest BCUT2D eigenvalue weighted by molar-refractivity contribution is 7.89. The van der Waals surface area contributed by atoms with Crippen LogP contribution in [0.15, 0.2) is 0 Å². The van der Waals surface area contributed by atoms with E-state index in [0.29, 0.717) is 6.54 Å². The van der Waals surface area contributed by atoms with Crippen molar-refractivity contribution in [3.05, 3.63) is 0 Å². The van der Waals surface area contributed by atoms with Gasteiger partial charge in [-0.2, -0.15) is 0 Å². The maximum absolute atomic E-state index is 11.8. The molecule has 0 unspecified atom stereocenters.